The van der Waals surface area contributed by atoms with E-state index in [-0.39, 0.29) is 11.3 Å². The third kappa shape index (κ3) is 4.40. The number of amides is 1. The highest BCUT2D eigenvalue weighted by Crippen LogP contribution is 2.39. The molecular weight excluding hydrogens is 364 g/mol. The fraction of sp³-hybridized carbons (Fsp3) is 0.333. The van der Waals surface area contributed by atoms with Crippen molar-refractivity contribution >= 4 is 17.4 Å². The monoisotopic (exact) mass is 393 g/mol. The van der Waals surface area contributed by atoms with E-state index < -0.39 is 17.7 Å². The van der Waals surface area contributed by atoms with Crippen molar-refractivity contribution in [3.8, 4) is 0 Å². The van der Waals surface area contributed by atoms with Gasteiger partial charge in [0.25, 0.3) is 11.7 Å². The highest BCUT2D eigenvalue weighted by atomic mass is 16.3. The number of benzene rings is 2. The zero-order chi connectivity index (χ0) is 21.1. The third-order valence-electron chi connectivity index (χ3n) is 5.33. The Morgan fingerprint density at radius 2 is 1.52 bits per heavy atom. The van der Waals surface area contributed by atoms with Crippen molar-refractivity contribution in [2.75, 3.05) is 27.2 Å². The average molecular weight is 394 g/mol. The van der Waals surface area contributed by atoms with Crippen LogP contribution in [0.3, 0.4) is 0 Å². The number of aliphatic hydroxyl groups excluding tert-OH is 1. The highest BCUT2D eigenvalue weighted by Gasteiger charge is 2.45. The lowest BCUT2D eigenvalue weighted by molar-refractivity contribution is -0.858. The highest BCUT2D eigenvalue weighted by molar-refractivity contribution is 6.46. The maximum Gasteiger partial charge on any atom is 0.295 e. The topological polar surface area (TPSA) is 62.0 Å². The SMILES string of the molecule is Cc1ccc(C(O)=C2C(=O)C(=O)N(CCC[NH+](C)C)C2c2ccc(C)cc2)cc1. The van der Waals surface area contributed by atoms with Gasteiger partial charge in [-0.2, -0.15) is 0 Å². The second-order valence-corrected chi connectivity index (χ2v) is 8.08. The number of likely N-dealkylation sites (tertiary alicyclic amines) is 1. The molecule has 1 saturated heterocycles. The lowest BCUT2D eigenvalue weighted by Gasteiger charge is -2.25. The number of hydrogen-bond acceptors (Lipinski definition) is 3. The second-order valence-electron chi connectivity index (χ2n) is 8.08. The van der Waals surface area contributed by atoms with Crippen LogP contribution in [0.4, 0.5) is 0 Å². The fourth-order valence-corrected chi connectivity index (χ4v) is 3.68. The van der Waals surface area contributed by atoms with Gasteiger partial charge in [0.05, 0.1) is 32.3 Å². The van der Waals surface area contributed by atoms with Gasteiger partial charge in [-0.25, -0.2) is 0 Å². The zero-order valence-electron chi connectivity index (χ0n) is 17.5. The zero-order valence-corrected chi connectivity index (χ0v) is 17.5. The number of rotatable bonds is 6. The number of quaternary nitrogens is 1. The minimum absolute atomic E-state index is 0.116. The Balaban J connectivity index is 2.07. The van der Waals surface area contributed by atoms with Crippen molar-refractivity contribution in [2.45, 2.75) is 26.3 Å². The Hall–Kier alpha value is -2.92. The lowest BCUT2D eigenvalue weighted by atomic mass is 9.94. The van der Waals surface area contributed by atoms with Crippen molar-refractivity contribution in [1.82, 2.24) is 4.90 Å². The molecule has 152 valence electrons. The summed E-state index contributed by atoms with van der Waals surface area (Å²) < 4.78 is 0. The maximum atomic E-state index is 12.9. The molecule has 0 radical (unpaired) electrons. The number of hydrogen-bond donors (Lipinski definition) is 2. The Morgan fingerprint density at radius 3 is 2.07 bits per heavy atom. The largest absolute Gasteiger partial charge is 0.507 e. The quantitative estimate of drug-likeness (QED) is 0.450. The summed E-state index contributed by atoms with van der Waals surface area (Å²) in [6.07, 6.45) is 0.780. The van der Waals surface area contributed by atoms with Gasteiger partial charge in [0.1, 0.15) is 5.76 Å². The number of nitrogens with zero attached hydrogens (tertiary/aromatic N) is 1. The van der Waals surface area contributed by atoms with Crippen LogP contribution in [0.5, 0.6) is 0 Å². The van der Waals surface area contributed by atoms with E-state index in [2.05, 4.69) is 14.1 Å². The van der Waals surface area contributed by atoms with Crippen molar-refractivity contribution in [3.05, 3.63) is 76.4 Å². The molecule has 0 spiro atoms. The van der Waals surface area contributed by atoms with E-state index in [0.717, 1.165) is 29.7 Å². The van der Waals surface area contributed by atoms with E-state index in [9.17, 15) is 14.7 Å². The molecular formula is C24H29N2O3+. The maximum absolute atomic E-state index is 12.9. The molecule has 2 aromatic carbocycles. The molecule has 0 bridgehead atoms. The van der Waals surface area contributed by atoms with Crippen molar-refractivity contribution < 1.29 is 19.6 Å². The average Bonchev–Trinajstić information content (AvgIpc) is 2.93. The summed E-state index contributed by atoms with van der Waals surface area (Å²) in [6.45, 7) is 5.31. The van der Waals surface area contributed by atoms with Gasteiger partial charge in [0, 0.05) is 18.5 Å². The van der Waals surface area contributed by atoms with Gasteiger partial charge >= 0.3 is 0 Å². The minimum Gasteiger partial charge on any atom is -0.507 e. The van der Waals surface area contributed by atoms with Crippen LogP contribution in [0.1, 0.15) is 34.7 Å². The number of Topliss-reactive ketones (excluding diaryl/α,β-unsaturated/α-hetero) is 1. The number of ketones is 1. The van der Waals surface area contributed by atoms with Gasteiger partial charge in [-0.05, 0) is 19.4 Å². The summed E-state index contributed by atoms with van der Waals surface area (Å²) in [4.78, 5) is 28.7. The smallest absolute Gasteiger partial charge is 0.295 e. The first-order valence-corrected chi connectivity index (χ1v) is 10.0. The summed E-state index contributed by atoms with van der Waals surface area (Å²) in [5.74, 6) is -1.28. The lowest BCUT2D eigenvalue weighted by Crippen LogP contribution is -3.05. The van der Waals surface area contributed by atoms with Gasteiger partial charge in [0.15, 0.2) is 0 Å². The second kappa shape index (κ2) is 8.62. The number of aryl methyl sites for hydroxylation is 2. The first kappa shape index (κ1) is 20.8. The summed E-state index contributed by atoms with van der Waals surface area (Å²) in [6, 6.07) is 14.5. The van der Waals surface area contributed by atoms with E-state index in [1.807, 2.05) is 50.2 Å². The fourth-order valence-electron chi connectivity index (χ4n) is 3.68. The van der Waals surface area contributed by atoms with Crippen LogP contribution < -0.4 is 4.90 Å². The molecule has 1 unspecified atom stereocenters. The Kier molecular flexibility index (Phi) is 6.18. The molecule has 29 heavy (non-hydrogen) atoms. The van der Waals surface area contributed by atoms with Crippen LogP contribution in [-0.2, 0) is 9.59 Å². The number of carbonyl (C=O) groups is 2. The molecule has 2 aromatic rings. The van der Waals surface area contributed by atoms with Crippen molar-refractivity contribution in [1.29, 1.82) is 0 Å². The molecule has 5 nitrogen and oxygen atoms in total. The minimum atomic E-state index is -0.620. The van der Waals surface area contributed by atoms with Crippen LogP contribution in [0.25, 0.3) is 5.76 Å². The van der Waals surface area contributed by atoms with Crippen LogP contribution in [0.15, 0.2) is 54.1 Å². The summed E-state index contributed by atoms with van der Waals surface area (Å²) in [5.41, 5.74) is 3.70. The molecule has 1 aliphatic rings. The van der Waals surface area contributed by atoms with Crippen molar-refractivity contribution in [2.24, 2.45) is 0 Å². The van der Waals surface area contributed by atoms with Gasteiger partial charge in [-0.15, -0.1) is 0 Å². The van der Waals surface area contributed by atoms with E-state index in [1.165, 1.54) is 4.90 Å². The molecule has 0 aliphatic carbocycles. The van der Waals surface area contributed by atoms with Crippen LogP contribution in [0, 0.1) is 13.8 Å². The van der Waals surface area contributed by atoms with Crippen LogP contribution in [-0.4, -0.2) is 48.9 Å². The number of aliphatic hydroxyl groups is 1. The molecule has 3 rings (SSSR count). The molecule has 2 N–H and O–H groups in total. The molecule has 1 aliphatic heterocycles. The molecule has 1 atom stereocenters. The van der Waals surface area contributed by atoms with Crippen molar-refractivity contribution in [3.63, 3.8) is 0 Å². The van der Waals surface area contributed by atoms with Gasteiger partial charge in [-0.1, -0.05) is 59.7 Å². The molecule has 5 heteroatoms. The predicted octanol–water partition coefficient (Wildman–Crippen LogP) is 2.26. The molecule has 1 heterocycles. The first-order valence-electron chi connectivity index (χ1n) is 10.0. The van der Waals surface area contributed by atoms with E-state index in [1.54, 1.807) is 17.0 Å². The van der Waals surface area contributed by atoms with Crippen LogP contribution >= 0.6 is 0 Å². The third-order valence-corrected chi connectivity index (χ3v) is 5.33. The van der Waals surface area contributed by atoms with E-state index in [0.29, 0.717) is 12.1 Å². The molecule has 0 aromatic heterocycles. The Labute approximate surface area is 172 Å². The summed E-state index contributed by atoms with van der Waals surface area (Å²) in [5, 5.41) is 11.0. The van der Waals surface area contributed by atoms with E-state index >= 15 is 0 Å². The molecule has 1 fully saturated rings. The Bertz CT molecular complexity index is 928. The number of nitrogens with one attached hydrogen (secondary N) is 1. The Morgan fingerprint density at radius 1 is 0.966 bits per heavy atom. The summed E-state index contributed by atoms with van der Waals surface area (Å²) >= 11 is 0. The first-order chi connectivity index (χ1) is 13.8. The van der Waals surface area contributed by atoms with Gasteiger partial charge in [-0.3, -0.25) is 9.59 Å². The van der Waals surface area contributed by atoms with Gasteiger partial charge in [0.2, 0.25) is 0 Å². The van der Waals surface area contributed by atoms with Gasteiger partial charge < -0.3 is 14.9 Å². The standard InChI is InChI=1S/C24H28N2O3/c1-16-6-10-18(11-7-16)21-20(22(27)19-12-8-17(2)9-13-19)23(28)24(29)26(21)15-5-14-25(3)4/h6-13,21,27H,5,14-15H2,1-4H3/p+1. The molecule has 0 saturated carbocycles. The van der Waals surface area contributed by atoms with Crippen LogP contribution in [0.2, 0.25) is 0 Å². The molecule has 1 amide bonds. The normalized spacial score (nSPS) is 18.7. The van der Waals surface area contributed by atoms with E-state index in [4.69, 9.17) is 0 Å². The predicted molar refractivity (Wildman–Crippen MR) is 114 cm³/mol. The summed E-state index contributed by atoms with van der Waals surface area (Å²) in [7, 11) is 4.12. The number of carbonyl (C=O) groups excluding carboxylic acids is 2.